The van der Waals surface area contributed by atoms with Crippen LogP contribution in [0.3, 0.4) is 0 Å². The molecule has 0 unspecified atom stereocenters. The smallest absolute Gasteiger partial charge is 0.252 e. The van der Waals surface area contributed by atoms with Crippen LogP contribution in [-0.2, 0) is 4.74 Å². The number of carbonyl (C=O) groups is 1. The van der Waals surface area contributed by atoms with Crippen LogP contribution in [0, 0.1) is 0 Å². The second-order valence-corrected chi connectivity index (χ2v) is 5.84. The Morgan fingerprint density at radius 3 is 2.68 bits per heavy atom. The lowest BCUT2D eigenvalue weighted by molar-refractivity contribution is 0.0857. The molecule has 1 amide bonds. The van der Waals surface area contributed by atoms with Crippen molar-refractivity contribution in [3.8, 4) is 22.6 Å². The van der Waals surface area contributed by atoms with Crippen LogP contribution in [0.25, 0.3) is 11.1 Å². The monoisotopic (exact) mass is 342 g/mol. The molecule has 132 valence electrons. The average molecular weight is 342 g/mol. The van der Waals surface area contributed by atoms with E-state index in [-0.39, 0.29) is 12.0 Å². The second-order valence-electron chi connectivity index (χ2n) is 5.84. The molecule has 1 saturated heterocycles. The summed E-state index contributed by atoms with van der Waals surface area (Å²) in [6.45, 7) is 1.28. The van der Waals surface area contributed by atoms with Gasteiger partial charge >= 0.3 is 0 Å². The fourth-order valence-electron chi connectivity index (χ4n) is 2.95. The molecule has 6 heteroatoms. The summed E-state index contributed by atoms with van der Waals surface area (Å²) >= 11 is 0. The zero-order valence-corrected chi connectivity index (χ0v) is 14.5. The molecule has 3 rings (SSSR count). The maximum Gasteiger partial charge on any atom is 0.252 e. The van der Waals surface area contributed by atoms with E-state index in [0.717, 1.165) is 30.6 Å². The number of nitrogens with one attached hydrogen (secondary N) is 1. The van der Waals surface area contributed by atoms with Crippen molar-refractivity contribution in [2.24, 2.45) is 0 Å². The highest BCUT2D eigenvalue weighted by molar-refractivity contribution is 5.95. The topological polar surface area (TPSA) is 69.7 Å². The van der Waals surface area contributed by atoms with Crippen LogP contribution < -0.4 is 14.8 Å². The van der Waals surface area contributed by atoms with Crippen LogP contribution in [0.15, 0.2) is 36.7 Å². The number of hydrogen-bond donors (Lipinski definition) is 1. The van der Waals surface area contributed by atoms with Crippen molar-refractivity contribution in [1.29, 1.82) is 0 Å². The zero-order valence-electron chi connectivity index (χ0n) is 14.5. The number of hydrogen-bond acceptors (Lipinski definition) is 5. The van der Waals surface area contributed by atoms with E-state index in [9.17, 15) is 4.79 Å². The third-order valence-electron chi connectivity index (χ3n) is 4.23. The average Bonchev–Trinajstić information content (AvgIpc) is 3.19. The van der Waals surface area contributed by atoms with E-state index in [2.05, 4.69) is 10.3 Å². The molecule has 0 aliphatic carbocycles. The molecule has 0 saturated carbocycles. The first-order chi connectivity index (χ1) is 12.2. The number of nitrogens with zero attached hydrogens (tertiary/aromatic N) is 1. The SMILES string of the molecule is COc1cccc(OC)c1-c1cncc(C(=O)NC[C@H]2CCCO2)c1. The van der Waals surface area contributed by atoms with Crippen LogP contribution in [0.2, 0.25) is 0 Å². The lowest BCUT2D eigenvalue weighted by atomic mass is 10.0. The standard InChI is InChI=1S/C19H22N2O4/c1-23-16-6-3-7-17(24-2)18(16)13-9-14(11-20-10-13)19(22)21-12-15-5-4-8-25-15/h3,6-7,9-11,15H,4-5,8,12H2,1-2H3,(H,21,22)/t15-/m1/s1. The molecule has 1 aliphatic heterocycles. The fraction of sp³-hybridized carbons (Fsp3) is 0.368. The first-order valence-corrected chi connectivity index (χ1v) is 8.29. The third-order valence-corrected chi connectivity index (χ3v) is 4.23. The van der Waals surface area contributed by atoms with Gasteiger partial charge in [-0.15, -0.1) is 0 Å². The van der Waals surface area contributed by atoms with Gasteiger partial charge in [-0.1, -0.05) is 6.07 Å². The van der Waals surface area contributed by atoms with Crippen LogP contribution >= 0.6 is 0 Å². The summed E-state index contributed by atoms with van der Waals surface area (Å²) in [5.41, 5.74) is 2.02. The summed E-state index contributed by atoms with van der Waals surface area (Å²) < 4.78 is 16.4. The van der Waals surface area contributed by atoms with E-state index >= 15 is 0 Å². The number of ether oxygens (including phenoxy) is 3. The van der Waals surface area contributed by atoms with E-state index in [0.29, 0.717) is 23.6 Å². The highest BCUT2D eigenvalue weighted by atomic mass is 16.5. The van der Waals surface area contributed by atoms with Gasteiger partial charge < -0.3 is 19.5 Å². The fourth-order valence-corrected chi connectivity index (χ4v) is 2.95. The quantitative estimate of drug-likeness (QED) is 0.874. The highest BCUT2D eigenvalue weighted by Crippen LogP contribution is 2.38. The summed E-state index contributed by atoms with van der Waals surface area (Å²) in [6.07, 6.45) is 5.38. The number of rotatable bonds is 6. The molecule has 0 radical (unpaired) electrons. The predicted octanol–water partition coefficient (Wildman–Crippen LogP) is 2.67. The van der Waals surface area contributed by atoms with E-state index in [1.54, 1.807) is 32.7 Å². The molecule has 1 fully saturated rings. The van der Waals surface area contributed by atoms with E-state index in [1.165, 1.54) is 0 Å². The Bertz CT molecular complexity index is 720. The van der Waals surface area contributed by atoms with Crippen molar-refractivity contribution < 1.29 is 19.0 Å². The Kier molecular flexibility index (Phi) is 5.50. The van der Waals surface area contributed by atoms with Gasteiger partial charge in [0.2, 0.25) is 0 Å². The van der Waals surface area contributed by atoms with Gasteiger partial charge in [0.05, 0.1) is 31.5 Å². The van der Waals surface area contributed by atoms with Crippen LogP contribution in [-0.4, -0.2) is 44.4 Å². The molecular weight excluding hydrogens is 320 g/mol. The second kappa shape index (κ2) is 7.98. The molecule has 1 N–H and O–H groups in total. The highest BCUT2D eigenvalue weighted by Gasteiger charge is 2.18. The van der Waals surface area contributed by atoms with Gasteiger partial charge in [0.25, 0.3) is 5.91 Å². The van der Waals surface area contributed by atoms with E-state index < -0.39 is 0 Å². The summed E-state index contributed by atoms with van der Waals surface area (Å²) in [5, 5.41) is 2.91. The molecular formula is C19H22N2O4. The Labute approximate surface area is 147 Å². The van der Waals surface area contributed by atoms with Crippen LogP contribution in [0.5, 0.6) is 11.5 Å². The molecule has 0 bridgehead atoms. The van der Waals surface area contributed by atoms with Crippen molar-refractivity contribution >= 4 is 5.91 Å². The van der Waals surface area contributed by atoms with E-state index in [1.807, 2.05) is 18.2 Å². The van der Waals surface area contributed by atoms with Gasteiger partial charge in [-0.05, 0) is 31.0 Å². The Balaban J connectivity index is 1.83. The maximum absolute atomic E-state index is 12.4. The molecule has 1 aliphatic rings. The number of methoxy groups -OCH3 is 2. The molecule has 6 nitrogen and oxygen atoms in total. The van der Waals surface area contributed by atoms with Crippen molar-refractivity contribution in [3.05, 3.63) is 42.2 Å². The Morgan fingerprint density at radius 2 is 2.04 bits per heavy atom. The summed E-state index contributed by atoms with van der Waals surface area (Å²) in [7, 11) is 3.20. The van der Waals surface area contributed by atoms with Crippen molar-refractivity contribution in [1.82, 2.24) is 10.3 Å². The van der Waals surface area contributed by atoms with Crippen molar-refractivity contribution in [2.75, 3.05) is 27.4 Å². The zero-order chi connectivity index (χ0) is 17.6. The first kappa shape index (κ1) is 17.2. The Hall–Kier alpha value is -2.60. The van der Waals surface area contributed by atoms with Gasteiger partial charge in [-0.3, -0.25) is 9.78 Å². The summed E-state index contributed by atoms with van der Waals surface area (Å²) in [6, 6.07) is 7.34. The lowest BCUT2D eigenvalue weighted by Gasteiger charge is -2.14. The molecule has 1 aromatic carbocycles. The largest absolute Gasteiger partial charge is 0.496 e. The number of carbonyl (C=O) groups excluding carboxylic acids is 1. The summed E-state index contributed by atoms with van der Waals surface area (Å²) in [4.78, 5) is 16.6. The van der Waals surface area contributed by atoms with Gasteiger partial charge in [-0.2, -0.15) is 0 Å². The molecule has 1 atom stereocenters. The lowest BCUT2D eigenvalue weighted by Crippen LogP contribution is -2.31. The maximum atomic E-state index is 12.4. The predicted molar refractivity (Wildman–Crippen MR) is 94.1 cm³/mol. The molecule has 1 aromatic heterocycles. The van der Waals surface area contributed by atoms with Crippen molar-refractivity contribution in [3.63, 3.8) is 0 Å². The number of benzene rings is 1. The van der Waals surface area contributed by atoms with Gasteiger partial charge in [0, 0.05) is 31.1 Å². The minimum Gasteiger partial charge on any atom is -0.496 e. The van der Waals surface area contributed by atoms with Gasteiger partial charge in [0.1, 0.15) is 11.5 Å². The van der Waals surface area contributed by atoms with Crippen molar-refractivity contribution in [2.45, 2.75) is 18.9 Å². The number of aromatic nitrogens is 1. The minimum absolute atomic E-state index is 0.106. The molecule has 25 heavy (non-hydrogen) atoms. The number of amides is 1. The van der Waals surface area contributed by atoms with Crippen LogP contribution in [0.1, 0.15) is 23.2 Å². The van der Waals surface area contributed by atoms with Gasteiger partial charge in [-0.25, -0.2) is 0 Å². The Morgan fingerprint density at radius 1 is 1.28 bits per heavy atom. The van der Waals surface area contributed by atoms with E-state index in [4.69, 9.17) is 14.2 Å². The molecule has 2 aromatic rings. The minimum atomic E-state index is -0.168. The number of pyridine rings is 1. The first-order valence-electron chi connectivity index (χ1n) is 8.29. The molecule has 0 spiro atoms. The van der Waals surface area contributed by atoms with Crippen LogP contribution in [0.4, 0.5) is 0 Å². The third kappa shape index (κ3) is 3.91. The summed E-state index contributed by atoms with van der Waals surface area (Å²) in [5.74, 6) is 1.16. The molecule has 2 heterocycles. The van der Waals surface area contributed by atoms with Gasteiger partial charge in [0.15, 0.2) is 0 Å². The normalized spacial score (nSPS) is 16.5.